The molecule has 0 heterocycles. The van der Waals surface area contributed by atoms with E-state index in [1.165, 1.54) is 30.0 Å². The van der Waals surface area contributed by atoms with Crippen molar-refractivity contribution in [2.75, 3.05) is 20.7 Å². The monoisotopic (exact) mass is 295 g/mol. The molecule has 0 spiro atoms. The first-order valence-corrected chi connectivity index (χ1v) is 8.52. The largest absolute Gasteiger partial charge is 0.497 e. The fraction of sp³-hybridized carbons (Fsp3) is 0.500. The highest BCUT2D eigenvalue weighted by Gasteiger charge is 2.47. The van der Waals surface area contributed by atoms with Crippen LogP contribution in [-0.4, -0.2) is 20.7 Å². The molecule has 4 rings (SSSR count). The van der Waals surface area contributed by atoms with E-state index < -0.39 is 0 Å². The van der Waals surface area contributed by atoms with Crippen LogP contribution in [0.3, 0.4) is 0 Å². The summed E-state index contributed by atoms with van der Waals surface area (Å²) in [5, 5.41) is 6.04. The van der Waals surface area contributed by atoms with Gasteiger partial charge in [0.1, 0.15) is 5.75 Å². The molecule has 0 aliphatic heterocycles. The molecule has 2 heteroatoms. The van der Waals surface area contributed by atoms with Gasteiger partial charge in [-0.25, -0.2) is 0 Å². The Balaban J connectivity index is 1.71. The number of rotatable bonds is 4. The third kappa shape index (κ3) is 2.21. The predicted octanol–water partition coefficient (Wildman–Crippen LogP) is 4.20. The van der Waals surface area contributed by atoms with Crippen LogP contribution in [0, 0.1) is 17.8 Å². The van der Waals surface area contributed by atoms with Crippen molar-refractivity contribution in [2.45, 2.75) is 25.2 Å². The van der Waals surface area contributed by atoms with Gasteiger partial charge in [-0.3, -0.25) is 0 Å². The number of ether oxygens (including phenoxy) is 1. The highest BCUT2D eigenvalue weighted by atomic mass is 16.5. The molecule has 2 aliphatic carbocycles. The average Bonchev–Trinajstić information content (AvgIpc) is 3.15. The maximum atomic E-state index is 5.33. The highest BCUT2D eigenvalue weighted by Crippen LogP contribution is 2.56. The zero-order valence-corrected chi connectivity index (χ0v) is 13.5. The topological polar surface area (TPSA) is 21.3 Å². The van der Waals surface area contributed by atoms with Crippen LogP contribution in [0.4, 0.5) is 0 Å². The van der Waals surface area contributed by atoms with Gasteiger partial charge in [-0.15, -0.1) is 0 Å². The summed E-state index contributed by atoms with van der Waals surface area (Å²) in [4.78, 5) is 0. The van der Waals surface area contributed by atoms with E-state index in [4.69, 9.17) is 4.74 Å². The highest BCUT2D eigenvalue weighted by molar-refractivity contribution is 5.84. The van der Waals surface area contributed by atoms with Gasteiger partial charge in [0.2, 0.25) is 0 Å². The molecule has 2 fully saturated rings. The van der Waals surface area contributed by atoms with Gasteiger partial charge in [0.25, 0.3) is 0 Å². The third-order valence-electron chi connectivity index (χ3n) is 5.98. The molecule has 2 saturated carbocycles. The first-order valence-electron chi connectivity index (χ1n) is 8.52. The summed E-state index contributed by atoms with van der Waals surface area (Å²) in [5.41, 5.74) is 1.55. The minimum Gasteiger partial charge on any atom is -0.497 e. The third-order valence-corrected chi connectivity index (χ3v) is 5.98. The molecule has 0 amide bonds. The number of nitrogens with one attached hydrogen (secondary N) is 1. The lowest BCUT2D eigenvalue weighted by atomic mass is 9.75. The summed E-state index contributed by atoms with van der Waals surface area (Å²) < 4.78 is 5.33. The molecule has 2 nitrogen and oxygen atoms in total. The Hall–Kier alpha value is -1.54. The van der Waals surface area contributed by atoms with Gasteiger partial charge in [-0.05, 0) is 85.0 Å². The molecule has 2 aromatic carbocycles. The summed E-state index contributed by atoms with van der Waals surface area (Å²) in [5.74, 6) is 4.35. The van der Waals surface area contributed by atoms with E-state index in [1.807, 2.05) is 0 Å². The van der Waals surface area contributed by atoms with Crippen molar-refractivity contribution < 1.29 is 4.74 Å². The molecule has 0 aromatic heterocycles. The molecule has 4 atom stereocenters. The molecule has 2 aromatic rings. The Bertz CT molecular complexity index is 680. The second kappa shape index (κ2) is 5.58. The van der Waals surface area contributed by atoms with E-state index in [1.54, 1.807) is 12.7 Å². The Morgan fingerprint density at radius 1 is 1.05 bits per heavy atom. The van der Waals surface area contributed by atoms with Gasteiger partial charge >= 0.3 is 0 Å². The summed E-state index contributed by atoms with van der Waals surface area (Å²) in [6.07, 6.45) is 4.31. The van der Waals surface area contributed by atoms with E-state index in [0.717, 1.165) is 36.0 Å². The van der Waals surface area contributed by atoms with Crippen molar-refractivity contribution in [2.24, 2.45) is 17.8 Å². The Kier molecular flexibility index (Phi) is 3.57. The van der Waals surface area contributed by atoms with Crippen LogP contribution in [0.2, 0.25) is 0 Å². The Morgan fingerprint density at radius 2 is 1.82 bits per heavy atom. The number of methoxy groups -OCH3 is 1. The molecular formula is C20H25NO. The van der Waals surface area contributed by atoms with Gasteiger partial charge in [-0.2, -0.15) is 0 Å². The van der Waals surface area contributed by atoms with Crippen molar-refractivity contribution >= 4 is 10.8 Å². The van der Waals surface area contributed by atoms with E-state index in [2.05, 4.69) is 48.8 Å². The molecule has 0 unspecified atom stereocenters. The minimum absolute atomic E-state index is 0.748. The molecule has 2 bridgehead atoms. The normalized spacial score (nSPS) is 30.1. The van der Waals surface area contributed by atoms with Gasteiger partial charge < -0.3 is 10.1 Å². The van der Waals surface area contributed by atoms with Crippen molar-refractivity contribution in [3.63, 3.8) is 0 Å². The van der Waals surface area contributed by atoms with E-state index in [9.17, 15) is 0 Å². The van der Waals surface area contributed by atoms with Crippen LogP contribution in [0.5, 0.6) is 5.75 Å². The van der Waals surface area contributed by atoms with E-state index >= 15 is 0 Å². The Morgan fingerprint density at radius 3 is 2.64 bits per heavy atom. The maximum absolute atomic E-state index is 5.33. The summed E-state index contributed by atoms with van der Waals surface area (Å²) in [6.45, 7) is 1.16. The first kappa shape index (κ1) is 14.1. The number of fused-ring (bicyclic) bond motifs is 3. The average molecular weight is 295 g/mol. The maximum Gasteiger partial charge on any atom is 0.119 e. The van der Waals surface area contributed by atoms with Crippen LogP contribution in [0.25, 0.3) is 10.8 Å². The molecular weight excluding hydrogens is 270 g/mol. The summed E-state index contributed by atoms with van der Waals surface area (Å²) in [7, 11) is 3.82. The number of hydrogen-bond donors (Lipinski definition) is 1. The molecule has 22 heavy (non-hydrogen) atoms. The van der Waals surface area contributed by atoms with Crippen molar-refractivity contribution in [3.05, 3.63) is 42.0 Å². The first-order chi connectivity index (χ1) is 10.8. The van der Waals surface area contributed by atoms with Crippen LogP contribution in [0.1, 0.15) is 30.7 Å². The second-order valence-electron chi connectivity index (χ2n) is 7.05. The van der Waals surface area contributed by atoms with Crippen LogP contribution < -0.4 is 10.1 Å². The van der Waals surface area contributed by atoms with E-state index in [0.29, 0.717) is 0 Å². The predicted molar refractivity (Wildman–Crippen MR) is 91.5 cm³/mol. The van der Waals surface area contributed by atoms with Crippen molar-refractivity contribution in [1.29, 1.82) is 0 Å². The van der Waals surface area contributed by atoms with Gasteiger partial charge in [0, 0.05) is 0 Å². The van der Waals surface area contributed by atoms with Crippen LogP contribution >= 0.6 is 0 Å². The minimum atomic E-state index is 0.748. The van der Waals surface area contributed by atoms with Crippen LogP contribution in [-0.2, 0) is 0 Å². The lowest BCUT2D eigenvalue weighted by Gasteiger charge is -2.31. The lowest BCUT2D eigenvalue weighted by molar-refractivity contribution is 0.282. The number of hydrogen-bond acceptors (Lipinski definition) is 2. The van der Waals surface area contributed by atoms with Crippen LogP contribution in [0.15, 0.2) is 36.4 Å². The van der Waals surface area contributed by atoms with Gasteiger partial charge in [-0.1, -0.05) is 24.3 Å². The van der Waals surface area contributed by atoms with Gasteiger partial charge in [0.15, 0.2) is 0 Å². The van der Waals surface area contributed by atoms with Crippen molar-refractivity contribution in [1.82, 2.24) is 5.32 Å². The van der Waals surface area contributed by atoms with E-state index in [-0.39, 0.29) is 0 Å². The van der Waals surface area contributed by atoms with Crippen molar-refractivity contribution in [3.8, 4) is 5.75 Å². The fourth-order valence-corrected chi connectivity index (χ4v) is 5.04. The fourth-order valence-electron chi connectivity index (χ4n) is 5.04. The standard InChI is InChI=1S/C20H25NO/c1-21-12-19-15-4-6-17(10-15)20(19)16-5-3-14-11-18(22-2)8-7-13(14)9-16/h3,5,7-9,11,15,17,19-21H,4,6,10,12H2,1-2H3/t15-,17+,19-,20-/m0/s1. The second-order valence-corrected chi connectivity index (χ2v) is 7.05. The SMILES string of the molecule is CNC[C@H]1[C@H]2CC[C@H](C2)[C@@H]1c1ccc2cc(OC)ccc2c1. The summed E-state index contributed by atoms with van der Waals surface area (Å²) >= 11 is 0. The summed E-state index contributed by atoms with van der Waals surface area (Å²) in [6, 6.07) is 13.4. The zero-order valence-electron chi connectivity index (χ0n) is 13.5. The Labute approximate surface area is 132 Å². The molecule has 1 N–H and O–H groups in total. The molecule has 116 valence electrons. The van der Waals surface area contributed by atoms with Gasteiger partial charge in [0.05, 0.1) is 7.11 Å². The molecule has 0 radical (unpaired) electrons. The smallest absolute Gasteiger partial charge is 0.119 e. The lowest BCUT2D eigenvalue weighted by Crippen LogP contribution is -2.29. The number of benzene rings is 2. The molecule has 0 saturated heterocycles. The zero-order chi connectivity index (χ0) is 15.1. The quantitative estimate of drug-likeness (QED) is 0.913. The molecule has 2 aliphatic rings.